The number of rotatable bonds is 4. The van der Waals surface area contributed by atoms with Gasteiger partial charge in [-0.25, -0.2) is 0 Å². The molecule has 100 valence electrons. The van der Waals surface area contributed by atoms with Gasteiger partial charge in [0, 0.05) is 44.4 Å². The Morgan fingerprint density at radius 1 is 1.11 bits per heavy atom. The van der Waals surface area contributed by atoms with Gasteiger partial charge in [0.05, 0.1) is 0 Å². The number of nitrogens with one attached hydrogen (secondary N) is 1. The molecule has 1 heterocycles. The molecule has 1 N–H and O–H groups in total. The highest BCUT2D eigenvalue weighted by Gasteiger charge is 2.03. The van der Waals surface area contributed by atoms with E-state index in [0.717, 1.165) is 12.2 Å². The third-order valence-electron chi connectivity index (χ3n) is 3.32. The summed E-state index contributed by atoms with van der Waals surface area (Å²) in [7, 11) is 4.13. The topological polar surface area (TPSA) is 28.2 Å². The molecule has 3 nitrogen and oxygen atoms in total. The molecule has 2 aromatic rings. The number of pyridine rings is 1. The van der Waals surface area contributed by atoms with Gasteiger partial charge in [0.25, 0.3) is 0 Å². The van der Waals surface area contributed by atoms with Gasteiger partial charge in [-0.05, 0) is 48.7 Å². The lowest BCUT2D eigenvalue weighted by molar-refractivity contribution is 1.07. The highest BCUT2D eigenvalue weighted by Crippen LogP contribution is 2.23. The molecule has 0 saturated heterocycles. The molecule has 0 spiro atoms. The van der Waals surface area contributed by atoms with Crippen molar-refractivity contribution in [1.29, 1.82) is 0 Å². The van der Waals surface area contributed by atoms with Crippen LogP contribution in [0, 0.1) is 13.8 Å². The SMILES string of the molecule is Cc1ccncc1CNc1ccc(C)c(N(C)C)c1. The van der Waals surface area contributed by atoms with Crippen molar-refractivity contribution in [1.82, 2.24) is 4.98 Å². The molecule has 1 aromatic carbocycles. The Labute approximate surface area is 115 Å². The molecule has 0 fully saturated rings. The van der Waals surface area contributed by atoms with Crippen LogP contribution in [0.25, 0.3) is 0 Å². The molecule has 0 aliphatic carbocycles. The molecule has 0 aliphatic heterocycles. The van der Waals surface area contributed by atoms with Crippen LogP contribution in [0.3, 0.4) is 0 Å². The van der Waals surface area contributed by atoms with E-state index in [1.807, 2.05) is 18.5 Å². The second-order valence-electron chi connectivity index (χ2n) is 5.05. The Morgan fingerprint density at radius 2 is 1.89 bits per heavy atom. The molecule has 0 amide bonds. The van der Waals surface area contributed by atoms with Gasteiger partial charge in [-0.15, -0.1) is 0 Å². The summed E-state index contributed by atoms with van der Waals surface area (Å²) in [5.41, 5.74) is 6.16. The van der Waals surface area contributed by atoms with E-state index in [2.05, 4.69) is 61.3 Å². The number of hydrogen-bond acceptors (Lipinski definition) is 3. The summed E-state index contributed by atoms with van der Waals surface area (Å²) in [6, 6.07) is 8.49. The second kappa shape index (κ2) is 5.74. The normalized spacial score (nSPS) is 10.3. The van der Waals surface area contributed by atoms with E-state index in [9.17, 15) is 0 Å². The number of benzene rings is 1. The highest BCUT2D eigenvalue weighted by atomic mass is 15.1. The van der Waals surface area contributed by atoms with E-state index < -0.39 is 0 Å². The minimum absolute atomic E-state index is 0.801. The molecule has 0 saturated carbocycles. The highest BCUT2D eigenvalue weighted by molar-refractivity contribution is 5.61. The van der Waals surface area contributed by atoms with Gasteiger partial charge in [-0.3, -0.25) is 4.98 Å². The third-order valence-corrected chi connectivity index (χ3v) is 3.32. The summed E-state index contributed by atoms with van der Waals surface area (Å²) in [6.45, 7) is 5.04. The zero-order valence-corrected chi connectivity index (χ0v) is 12.1. The number of nitrogens with zero attached hydrogens (tertiary/aromatic N) is 2. The van der Waals surface area contributed by atoms with Crippen LogP contribution in [0.15, 0.2) is 36.7 Å². The number of aromatic nitrogens is 1. The zero-order valence-electron chi connectivity index (χ0n) is 12.1. The Hall–Kier alpha value is -2.03. The van der Waals surface area contributed by atoms with Crippen molar-refractivity contribution in [3.05, 3.63) is 53.3 Å². The number of hydrogen-bond donors (Lipinski definition) is 1. The van der Waals surface area contributed by atoms with Crippen molar-refractivity contribution in [2.45, 2.75) is 20.4 Å². The van der Waals surface area contributed by atoms with E-state index in [1.54, 1.807) is 0 Å². The molecule has 3 heteroatoms. The molecule has 0 radical (unpaired) electrons. The van der Waals surface area contributed by atoms with Gasteiger partial charge in [0.15, 0.2) is 0 Å². The summed E-state index contributed by atoms with van der Waals surface area (Å²) in [5.74, 6) is 0. The Balaban J connectivity index is 2.12. The lowest BCUT2D eigenvalue weighted by Crippen LogP contribution is -2.11. The average molecular weight is 255 g/mol. The van der Waals surface area contributed by atoms with Gasteiger partial charge in [-0.1, -0.05) is 6.07 Å². The molecule has 2 rings (SSSR count). The van der Waals surface area contributed by atoms with Gasteiger partial charge < -0.3 is 10.2 Å². The van der Waals surface area contributed by atoms with E-state index in [0.29, 0.717) is 0 Å². The van der Waals surface area contributed by atoms with Gasteiger partial charge in [0.1, 0.15) is 0 Å². The quantitative estimate of drug-likeness (QED) is 0.907. The maximum absolute atomic E-state index is 4.17. The van der Waals surface area contributed by atoms with Crippen LogP contribution in [0.1, 0.15) is 16.7 Å². The second-order valence-corrected chi connectivity index (χ2v) is 5.05. The fraction of sp³-hybridized carbons (Fsp3) is 0.312. The average Bonchev–Trinajstić information content (AvgIpc) is 2.39. The third kappa shape index (κ3) is 3.25. The summed E-state index contributed by atoms with van der Waals surface area (Å²) >= 11 is 0. The largest absolute Gasteiger partial charge is 0.381 e. The molecular formula is C16H21N3. The summed E-state index contributed by atoms with van der Waals surface area (Å²) in [6.07, 6.45) is 3.75. The van der Waals surface area contributed by atoms with Crippen LogP contribution in [0.4, 0.5) is 11.4 Å². The molecule has 0 unspecified atom stereocenters. The summed E-state index contributed by atoms with van der Waals surface area (Å²) in [4.78, 5) is 6.30. The Morgan fingerprint density at radius 3 is 2.58 bits per heavy atom. The van der Waals surface area contributed by atoms with Crippen LogP contribution in [-0.2, 0) is 6.54 Å². The predicted octanol–water partition coefficient (Wildman–Crippen LogP) is 3.38. The van der Waals surface area contributed by atoms with Crippen LogP contribution in [-0.4, -0.2) is 19.1 Å². The Kier molecular flexibility index (Phi) is 4.05. The van der Waals surface area contributed by atoms with Gasteiger partial charge in [-0.2, -0.15) is 0 Å². The summed E-state index contributed by atoms with van der Waals surface area (Å²) < 4.78 is 0. The van der Waals surface area contributed by atoms with Crippen molar-refractivity contribution in [2.75, 3.05) is 24.3 Å². The first kappa shape index (κ1) is 13.4. The van der Waals surface area contributed by atoms with Gasteiger partial charge in [0.2, 0.25) is 0 Å². The van der Waals surface area contributed by atoms with Crippen molar-refractivity contribution >= 4 is 11.4 Å². The monoisotopic (exact) mass is 255 g/mol. The molecule has 19 heavy (non-hydrogen) atoms. The van der Waals surface area contributed by atoms with Crippen LogP contribution in [0.5, 0.6) is 0 Å². The lowest BCUT2D eigenvalue weighted by Gasteiger charge is -2.17. The van der Waals surface area contributed by atoms with Crippen molar-refractivity contribution in [3.8, 4) is 0 Å². The fourth-order valence-electron chi connectivity index (χ4n) is 2.08. The fourth-order valence-corrected chi connectivity index (χ4v) is 2.08. The molecule has 0 bridgehead atoms. The molecule has 0 aliphatic rings. The zero-order chi connectivity index (χ0) is 13.8. The lowest BCUT2D eigenvalue weighted by atomic mass is 10.1. The van der Waals surface area contributed by atoms with Crippen LogP contribution < -0.4 is 10.2 Å². The van der Waals surface area contributed by atoms with Crippen LogP contribution >= 0.6 is 0 Å². The van der Waals surface area contributed by atoms with Crippen molar-refractivity contribution in [3.63, 3.8) is 0 Å². The van der Waals surface area contributed by atoms with E-state index >= 15 is 0 Å². The van der Waals surface area contributed by atoms with E-state index in [1.165, 1.54) is 22.4 Å². The smallest absolute Gasteiger partial charge is 0.0418 e. The number of anilines is 2. The first-order valence-electron chi connectivity index (χ1n) is 6.49. The van der Waals surface area contributed by atoms with Crippen molar-refractivity contribution < 1.29 is 0 Å². The minimum Gasteiger partial charge on any atom is -0.381 e. The first-order valence-corrected chi connectivity index (χ1v) is 6.49. The molecule has 0 atom stereocenters. The Bertz CT molecular complexity index is 562. The standard InChI is InChI=1S/C16H21N3/c1-12-7-8-17-10-14(12)11-18-15-6-5-13(2)16(9-15)19(3)4/h5-10,18H,11H2,1-4H3. The maximum atomic E-state index is 4.17. The van der Waals surface area contributed by atoms with E-state index in [4.69, 9.17) is 0 Å². The van der Waals surface area contributed by atoms with Gasteiger partial charge >= 0.3 is 0 Å². The predicted molar refractivity (Wildman–Crippen MR) is 81.8 cm³/mol. The molecular weight excluding hydrogens is 234 g/mol. The van der Waals surface area contributed by atoms with Crippen molar-refractivity contribution in [2.24, 2.45) is 0 Å². The number of aryl methyl sites for hydroxylation is 2. The maximum Gasteiger partial charge on any atom is 0.0418 e. The first-order chi connectivity index (χ1) is 9.08. The molecule has 1 aromatic heterocycles. The van der Waals surface area contributed by atoms with Crippen LogP contribution in [0.2, 0.25) is 0 Å². The summed E-state index contributed by atoms with van der Waals surface area (Å²) in [5, 5.41) is 3.46. The van der Waals surface area contributed by atoms with E-state index in [-0.39, 0.29) is 0 Å². The minimum atomic E-state index is 0.801.